The van der Waals surface area contributed by atoms with Crippen LogP contribution in [0.1, 0.15) is 29.6 Å². The van der Waals surface area contributed by atoms with Crippen LogP contribution >= 0.6 is 15.9 Å². The Kier molecular flexibility index (Phi) is 4.81. The number of halogens is 1. The van der Waals surface area contributed by atoms with E-state index in [4.69, 9.17) is 5.26 Å². The molecular weight excluding hydrogens is 338 g/mol. The van der Waals surface area contributed by atoms with E-state index in [9.17, 15) is 14.7 Å². The molecule has 1 fully saturated rings. The fraction of sp³-hybridized carbons (Fsp3) is 0.357. The first-order chi connectivity index (χ1) is 10.0. The summed E-state index contributed by atoms with van der Waals surface area (Å²) in [6, 6.07) is 6.48. The van der Waals surface area contributed by atoms with Gasteiger partial charge in [0.05, 0.1) is 23.7 Å². The summed E-state index contributed by atoms with van der Waals surface area (Å²) in [5.41, 5.74) is 0.256. The normalized spacial score (nSPS) is 13.3. The van der Waals surface area contributed by atoms with Crippen LogP contribution in [0.2, 0.25) is 0 Å². The molecule has 0 aliphatic heterocycles. The monoisotopic (exact) mass is 351 g/mol. The number of carboxylic acid groups (broad SMARTS) is 1. The van der Waals surface area contributed by atoms with Crippen molar-refractivity contribution in [2.24, 2.45) is 0 Å². The Balaban J connectivity index is 2.18. The second-order valence-electron chi connectivity index (χ2n) is 4.73. The van der Waals surface area contributed by atoms with E-state index in [-0.39, 0.29) is 29.7 Å². The molecule has 0 spiro atoms. The molecule has 0 radical (unpaired) electrons. The molecule has 110 valence electrons. The first-order valence-electron chi connectivity index (χ1n) is 6.51. The zero-order chi connectivity index (χ0) is 15.4. The Bertz CT molecular complexity index is 608. The predicted octanol–water partition coefficient (Wildman–Crippen LogP) is 3.06. The number of benzene rings is 1. The van der Waals surface area contributed by atoms with Gasteiger partial charge in [0, 0.05) is 17.1 Å². The second kappa shape index (κ2) is 6.59. The number of nitriles is 1. The Morgan fingerprint density at radius 2 is 2.19 bits per heavy atom. The van der Waals surface area contributed by atoms with Crippen molar-refractivity contribution >= 4 is 33.6 Å². The Morgan fingerprint density at radius 1 is 1.48 bits per heavy atom. The van der Waals surface area contributed by atoms with E-state index >= 15 is 0 Å². The van der Waals surface area contributed by atoms with Crippen molar-refractivity contribution in [1.82, 2.24) is 4.90 Å². The zero-order valence-electron chi connectivity index (χ0n) is 11.2. The molecule has 1 aromatic rings. The van der Waals surface area contributed by atoms with Crippen LogP contribution in [-0.2, 0) is 0 Å². The number of aromatic carboxylic acids is 1. The smallest absolute Gasteiger partial charge is 0.337 e. The molecule has 2 N–H and O–H groups in total. The second-order valence-corrected chi connectivity index (χ2v) is 5.58. The van der Waals surface area contributed by atoms with E-state index in [1.807, 2.05) is 6.07 Å². The molecule has 7 heteroatoms. The largest absolute Gasteiger partial charge is 0.478 e. The number of carbonyl (C=O) groups excluding carboxylic acids is 1. The van der Waals surface area contributed by atoms with E-state index in [0.717, 1.165) is 12.8 Å². The number of rotatable bonds is 5. The molecule has 0 atom stereocenters. The minimum atomic E-state index is -1.11. The molecule has 1 aromatic carbocycles. The van der Waals surface area contributed by atoms with Gasteiger partial charge in [0.25, 0.3) is 0 Å². The van der Waals surface area contributed by atoms with Gasteiger partial charge in [-0.05, 0) is 40.9 Å². The highest BCUT2D eigenvalue weighted by atomic mass is 79.9. The van der Waals surface area contributed by atoms with E-state index < -0.39 is 5.97 Å². The van der Waals surface area contributed by atoms with Crippen molar-refractivity contribution in [3.63, 3.8) is 0 Å². The van der Waals surface area contributed by atoms with Gasteiger partial charge in [0.15, 0.2) is 0 Å². The number of nitrogens with zero attached hydrogens (tertiary/aromatic N) is 2. The third kappa shape index (κ3) is 3.73. The lowest BCUT2D eigenvalue weighted by molar-refractivity contribution is 0.0698. The van der Waals surface area contributed by atoms with Crippen molar-refractivity contribution in [2.45, 2.75) is 25.3 Å². The molecular formula is C14H14BrN3O3. The number of hydrogen-bond acceptors (Lipinski definition) is 3. The van der Waals surface area contributed by atoms with Gasteiger partial charge in [0.2, 0.25) is 0 Å². The number of nitrogens with one attached hydrogen (secondary N) is 1. The molecule has 2 amide bonds. The van der Waals surface area contributed by atoms with Crippen molar-refractivity contribution in [3.05, 3.63) is 28.2 Å². The highest BCUT2D eigenvalue weighted by Crippen LogP contribution is 2.30. The van der Waals surface area contributed by atoms with Crippen molar-refractivity contribution in [3.8, 4) is 6.07 Å². The minimum absolute atomic E-state index is 0.0220. The molecule has 1 aliphatic carbocycles. The summed E-state index contributed by atoms with van der Waals surface area (Å²) in [6.07, 6.45) is 2.09. The average Bonchev–Trinajstić information content (AvgIpc) is 3.26. The lowest BCUT2D eigenvalue weighted by Gasteiger charge is -2.22. The first-order valence-corrected chi connectivity index (χ1v) is 7.30. The standard InChI is InChI=1S/C14H14BrN3O3/c15-11-4-1-3-10(13(19)20)12(11)17-14(21)18(8-2-7-16)9-5-6-9/h1,3-4,9H,2,5-6,8H2,(H,17,21)(H,19,20). The van der Waals surface area contributed by atoms with Crippen LogP contribution in [0.5, 0.6) is 0 Å². The van der Waals surface area contributed by atoms with E-state index in [1.54, 1.807) is 17.0 Å². The third-order valence-electron chi connectivity index (χ3n) is 3.19. The summed E-state index contributed by atoms with van der Waals surface area (Å²) in [7, 11) is 0. The average molecular weight is 352 g/mol. The highest BCUT2D eigenvalue weighted by molar-refractivity contribution is 9.10. The van der Waals surface area contributed by atoms with Gasteiger partial charge in [-0.15, -0.1) is 0 Å². The number of para-hydroxylation sites is 1. The van der Waals surface area contributed by atoms with E-state index in [2.05, 4.69) is 21.2 Å². The van der Waals surface area contributed by atoms with E-state index in [1.165, 1.54) is 6.07 Å². The van der Waals surface area contributed by atoms with Gasteiger partial charge in [-0.25, -0.2) is 9.59 Å². The van der Waals surface area contributed by atoms with Gasteiger partial charge < -0.3 is 15.3 Å². The number of anilines is 1. The maximum Gasteiger partial charge on any atom is 0.337 e. The summed E-state index contributed by atoms with van der Waals surface area (Å²) >= 11 is 3.25. The maximum atomic E-state index is 12.3. The summed E-state index contributed by atoms with van der Waals surface area (Å²) in [5, 5.41) is 20.5. The number of urea groups is 1. The van der Waals surface area contributed by atoms with Crippen molar-refractivity contribution < 1.29 is 14.7 Å². The Hall–Kier alpha value is -2.07. The summed E-state index contributed by atoms with van der Waals surface area (Å²) in [4.78, 5) is 25.1. The minimum Gasteiger partial charge on any atom is -0.478 e. The fourth-order valence-corrected chi connectivity index (χ4v) is 2.48. The molecule has 0 bridgehead atoms. The third-order valence-corrected chi connectivity index (χ3v) is 3.85. The molecule has 0 saturated heterocycles. The van der Waals surface area contributed by atoms with Gasteiger partial charge in [-0.1, -0.05) is 6.07 Å². The van der Waals surface area contributed by atoms with Crippen molar-refractivity contribution in [2.75, 3.05) is 11.9 Å². The Morgan fingerprint density at radius 3 is 2.76 bits per heavy atom. The number of carbonyl (C=O) groups is 2. The van der Waals surface area contributed by atoms with Crippen LogP contribution in [0.4, 0.5) is 10.5 Å². The van der Waals surface area contributed by atoms with Crippen LogP contribution in [0.3, 0.4) is 0 Å². The quantitative estimate of drug-likeness (QED) is 0.852. The molecule has 0 heterocycles. The Labute approximate surface area is 130 Å². The number of amides is 2. The molecule has 1 saturated carbocycles. The van der Waals surface area contributed by atoms with Gasteiger partial charge in [-0.3, -0.25) is 0 Å². The summed E-state index contributed by atoms with van der Waals surface area (Å²) < 4.78 is 0.506. The van der Waals surface area contributed by atoms with Crippen LogP contribution < -0.4 is 5.32 Å². The van der Waals surface area contributed by atoms with Crippen LogP contribution in [-0.4, -0.2) is 34.6 Å². The topological polar surface area (TPSA) is 93.4 Å². The number of hydrogen-bond donors (Lipinski definition) is 2. The number of carboxylic acids is 1. The molecule has 2 rings (SSSR count). The lowest BCUT2D eigenvalue weighted by Crippen LogP contribution is -2.37. The van der Waals surface area contributed by atoms with Gasteiger partial charge >= 0.3 is 12.0 Å². The zero-order valence-corrected chi connectivity index (χ0v) is 12.8. The SMILES string of the molecule is N#CCCN(C(=O)Nc1c(Br)cccc1C(=O)O)C1CC1. The molecule has 1 aliphatic rings. The van der Waals surface area contributed by atoms with Gasteiger partial charge in [-0.2, -0.15) is 5.26 Å². The molecule has 21 heavy (non-hydrogen) atoms. The maximum absolute atomic E-state index is 12.3. The molecule has 0 unspecified atom stereocenters. The molecule has 6 nitrogen and oxygen atoms in total. The fourth-order valence-electron chi connectivity index (χ4n) is 2.01. The van der Waals surface area contributed by atoms with Crippen LogP contribution in [0.25, 0.3) is 0 Å². The van der Waals surface area contributed by atoms with Gasteiger partial charge in [0.1, 0.15) is 0 Å². The summed E-state index contributed by atoms with van der Waals surface area (Å²) in [5.74, 6) is -1.11. The van der Waals surface area contributed by atoms with Crippen molar-refractivity contribution in [1.29, 1.82) is 5.26 Å². The summed E-state index contributed by atoms with van der Waals surface area (Å²) in [6.45, 7) is 0.347. The van der Waals surface area contributed by atoms with Crippen LogP contribution in [0, 0.1) is 11.3 Å². The molecule has 0 aromatic heterocycles. The lowest BCUT2D eigenvalue weighted by atomic mass is 10.2. The predicted molar refractivity (Wildman–Crippen MR) is 80.1 cm³/mol. The van der Waals surface area contributed by atoms with E-state index in [0.29, 0.717) is 11.0 Å². The first kappa shape index (κ1) is 15.3. The van der Waals surface area contributed by atoms with Crippen LogP contribution in [0.15, 0.2) is 22.7 Å². The highest BCUT2D eigenvalue weighted by Gasteiger charge is 2.32.